The number of rotatable bonds is 6. The van der Waals surface area contributed by atoms with E-state index < -0.39 is 12.1 Å². The van der Waals surface area contributed by atoms with E-state index >= 15 is 0 Å². The first-order valence-corrected chi connectivity index (χ1v) is 10.1. The van der Waals surface area contributed by atoms with Crippen molar-refractivity contribution in [1.29, 1.82) is 0 Å². The second-order valence-corrected chi connectivity index (χ2v) is 7.36. The normalized spacial score (nSPS) is 13.5. The van der Waals surface area contributed by atoms with Gasteiger partial charge in [0, 0.05) is 23.2 Å². The fourth-order valence-electron chi connectivity index (χ4n) is 3.89. The zero-order valence-corrected chi connectivity index (χ0v) is 17.1. The average Bonchev–Trinajstić information content (AvgIpc) is 3.23. The standard InChI is InChI=1S/C24H24N2O4/c1-15(23(27)25-14-16-8-3-6-13-21(16)29-2)30-24(28)22-17-9-4-5-11-19(17)26-20-12-7-10-18(20)22/h3-6,8-9,11,13,15H,7,10,12,14H2,1-2H3,(H,25,27)/t15-/m1/s1. The van der Waals surface area contributed by atoms with E-state index in [0.717, 1.165) is 47.0 Å². The van der Waals surface area contributed by atoms with Gasteiger partial charge in [0.2, 0.25) is 0 Å². The molecule has 4 rings (SSSR count). The van der Waals surface area contributed by atoms with Gasteiger partial charge >= 0.3 is 5.97 Å². The average molecular weight is 404 g/mol. The molecule has 1 aromatic heterocycles. The molecular weight excluding hydrogens is 380 g/mol. The maximum absolute atomic E-state index is 13.1. The van der Waals surface area contributed by atoms with Gasteiger partial charge in [-0.3, -0.25) is 9.78 Å². The van der Waals surface area contributed by atoms with Gasteiger partial charge < -0.3 is 14.8 Å². The fourth-order valence-corrected chi connectivity index (χ4v) is 3.89. The van der Waals surface area contributed by atoms with Gasteiger partial charge in [0.05, 0.1) is 18.2 Å². The monoisotopic (exact) mass is 404 g/mol. The Kier molecular flexibility index (Phi) is 5.65. The summed E-state index contributed by atoms with van der Waals surface area (Å²) in [6, 6.07) is 15.0. The molecule has 1 atom stereocenters. The van der Waals surface area contributed by atoms with Gasteiger partial charge in [-0.25, -0.2) is 4.79 Å². The lowest BCUT2D eigenvalue weighted by molar-refractivity contribution is -0.129. The third kappa shape index (κ3) is 3.85. The molecule has 154 valence electrons. The van der Waals surface area contributed by atoms with E-state index in [2.05, 4.69) is 5.32 Å². The lowest BCUT2D eigenvalue weighted by atomic mass is 10.0. The van der Waals surface area contributed by atoms with Crippen LogP contribution >= 0.6 is 0 Å². The van der Waals surface area contributed by atoms with E-state index in [-0.39, 0.29) is 5.91 Å². The van der Waals surface area contributed by atoms with Crippen LogP contribution in [-0.2, 0) is 28.9 Å². The number of pyridine rings is 1. The first-order chi connectivity index (χ1) is 14.6. The van der Waals surface area contributed by atoms with Crippen molar-refractivity contribution in [2.75, 3.05) is 7.11 Å². The van der Waals surface area contributed by atoms with Crippen LogP contribution in [0.4, 0.5) is 0 Å². The van der Waals surface area contributed by atoms with Crippen LogP contribution < -0.4 is 10.1 Å². The third-order valence-corrected chi connectivity index (χ3v) is 5.42. The molecule has 0 radical (unpaired) electrons. The van der Waals surface area contributed by atoms with Crippen LogP contribution in [0.1, 0.15) is 40.5 Å². The Morgan fingerprint density at radius 1 is 1.10 bits per heavy atom. The predicted octanol–water partition coefficient (Wildman–Crippen LogP) is 3.59. The van der Waals surface area contributed by atoms with Gasteiger partial charge in [-0.2, -0.15) is 0 Å². The summed E-state index contributed by atoms with van der Waals surface area (Å²) in [7, 11) is 1.59. The highest BCUT2D eigenvalue weighted by atomic mass is 16.5. The molecule has 1 aliphatic rings. The lowest BCUT2D eigenvalue weighted by Gasteiger charge is -2.17. The van der Waals surface area contributed by atoms with E-state index in [9.17, 15) is 9.59 Å². The van der Waals surface area contributed by atoms with Crippen molar-refractivity contribution in [1.82, 2.24) is 10.3 Å². The van der Waals surface area contributed by atoms with E-state index in [0.29, 0.717) is 17.9 Å². The van der Waals surface area contributed by atoms with Crippen molar-refractivity contribution >= 4 is 22.8 Å². The molecule has 0 saturated carbocycles. The Morgan fingerprint density at radius 2 is 1.87 bits per heavy atom. The molecular formula is C24H24N2O4. The largest absolute Gasteiger partial charge is 0.496 e. The second-order valence-electron chi connectivity index (χ2n) is 7.36. The van der Waals surface area contributed by atoms with Gasteiger partial charge in [0.15, 0.2) is 6.10 Å². The first-order valence-electron chi connectivity index (χ1n) is 10.1. The van der Waals surface area contributed by atoms with Crippen LogP contribution in [0.15, 0.2) is 48.5 Å². The van der Waals surface area contributed by atoms with Crippen molar-refractivity contribution in [2.24, 2.45) is 0 Å². The summed E-state index contributed by atoms with van der Waals surface area (Å²) in [6.07, 6.45) is 1.70. The number of ether oxygens (including phenoxy) is 2. The molecule has 0 saturated heterocycles. The third-order valence-electron chi connectivity index (χ3n) is 5.42. The number of aryl methyl sites for hydroxylation is 1. The van der Waals surface area contributed by atoms with Crippen molar-refractivity contribution in [3.63, 3.8) is 0 Å². The summed E-state index contributed by atoms with van der Waals surface area (Å²) in [5.74, 6) is -0.141. The van der Waals surface area contributed by atoms with Crippen molar-refractivity contribution in [3.8, 4) is 5.75 Å². The number of para-hydroxylation sites is 2. The van der Waals surface area contributed by atoms with E-state index in [1.165, 1.54) is 0 Å². The summed E-state index contributed by atoms with van der Waals surface area (Å²) < 4.78 is 10.9. The molecule has 30 heavy (non-hydrogen) atoms. The number of nitrogens with zero attached hydrogens (tertiary/aromatic N) is 1. The van der Waals surface area contributed by atoms with Gasteiger partial charge in [-0.15, -0.1) is 0 Å². The molecule has 0 spiro atoms. The highest BCUT2D eigenvalue weighted by molar-refractivity contribution is 6.06. The number of hydrogen-bond acceptors (Lipinski definition) is 5. The summed E-state index contributed by atoms with van der Waals surface area (Å²) in [4.78, 5) is 30.3. The Labute approximate surface area is 175 Å². The molecule has 1 aliphatic carbocycles. The Morgan fingerprint density at radius 3 is 2.70 bits per heavy atom. The number of aromatic nitrogens is 1. The summed E-state index contributed by atoms with van der Waals surface area (Å²) in [5, 5.41) is 3.58. The van der Waals surface area contributed by atoms with Gasteiger partial charge in [-0.05, 0) is 43.9 Å². The van der Waals surface area contributed by atoms with Crippen LogP contribution in [-0.4, -0.2) is 30.1 Å². The van der Waals surface area contributed by atoms with Crippen molar-refractivity contribution in [3.05, 3.63) is 70.9 Å². The van der Waals surface area contributed by atoms with Gasteiger partial charge in [0.25, 0.3) is 5.91 Å². The zero-order chi connectivity index (χ0) is 21.1. The van der Waals surface area contributed by atoms with Crippen LogP contribution in [0.2, 0.25) is 0 Å². The predicted molar refractivity (Wildman–Crippen MR) is 113 cm³/mol. The summed E-state index contributed by atoms with van der Waals surface area (Å²) >= 11 is 0. The molecule has 0 aliphatic heterocycles. The molecule has 3 aromatic rings. The van der Waals surface area contributed by atoms with Crippen LogP contribution in [0.3, 0.4) is 0 Å². The minimum atomic E-state index is -0.920. The van der Waals surface area contributed by atoms with Gasteiger partial charge in [-0.1, -0.05) is 36.4 Å². The van der Waals surface area contributed by atoms with Crippen molar-refractivity contribution in [2.45, 2.75) is 38.8 Å². The lowest BCUT2D eigenvalue weighted by Crippen LogP contribution is -2.35. The minimum Gasteiger partial charge on any atom is -0.496 e. The zero-order valence-electron chi connectivity index (χ0n) is 17.1. The maximum Gasteiger partial charge on any atom is 0.339 e. The molecule has 0 unspecified atom stereocenters. The number of nitrogens with one attached hydrogen (secondary N) is 1. The number of hydrogen-bond donors (Lipinski definition) is 1. The molecule has 0 fully saturated rings. The van der Waals surface area contributed by atoms with E-state index in [4.69, 9.17) is 14.5 Å². The number of carbonyl (C=O) groups excluding carboxylic acids is 2. The molecule has 6 nitrogen and oxygen atoms in total. The Balaban J connectivity index is 1.49. The number of fused-ring (bicyclic) bond motifs is 2. The van der Waals surface area contributed by atoms with Gasteiger partial charge in [0.1, 0.15) is 5.75 Å². The van der Waals surface area contributed by atoms with Crippen LogP contribution in [0.5, 0.6) is 5.75 Å². The van der Waals surface area contributed by atoms with E-state index in [1.54, 1.807) is 14.0 Å². The molecule has 1 heterocycles. The van der Waals surface area contributed by atoms with Crippen LogP contribution in [0.25, 0.3) is 10.9 Å². The molecule has 1 N–H and O–H groups in total. The smallest absolute Gasteiger partial charge is 0.339 e. The molecule has 2 aromatic carbocycles. The Bertz CT molecular complexity index is 1110. The fraction of sp³-hybridized carbons (Fsp3) is 0.292. The molecule has 6 heteroatoms. The highest BCUT2D eigenvalue weighted by Crippen LogP contribution is 2.30. The highest BCUT2D eigenvalue weighted by Gasteiger charge is 2.27. The summed E-state index contributed by atoms with van der Waals surface area (Å²) in [6.45, 7) is 1.87. The van der Waals surface area contributed by atoms with E-state index in [1.807, 2.05) is 48.5 Å². The van der Waals surface area contributed by atoms with Crippen LogP contribution in [0, 0.1) is 0 Å². The number of carbonyl (C=O) groups is 2. The number of esters is 1. The SMILES string of the molecule is COc1ccccc1CNC(=O)[C@@H](C)OC(=O)c1c2c(nc3ccccc13)CCC2. The minimum absolute atomic E-state index is 0.290. The molecule has 1 amide bonds. The number of amides is 1. The number of methoxy groups -OCH3 is 1. The second kappa shape index (κ2) is 8.53. The summed E-state index contributed by atoms with van der Waals surface area (Å²) in [5.41, 5.74) is 4.06. The topological polar surface area (TPSA) is 77.5 Å². The van der Waals surface area contributed by atoms with Crippen molar-refractivity contribution < 1.29 is 19.1 Å². The quantitative estimate of drug-likeness (QED) is 0.635. The first kappa shape index (κ1) is 19.9. The number of benzene rings is 2. The Hall–Kier alpha value is -3.41. The maximum atomic E-state index is 13.1. The molecule has 0 bridgehead atoms.